The van der Waals surface area contributed by atoms with Crippen molar-refractivity contribution in [3.05, 3.63) is 43.6 Å². The van der Waals surface area contributed by atoms with E-state index in [9.17, 15) is 4.79 Å². The summed E-state index contributed by atoms with van der Waals surface area (Å²) >= 11 is 4.94. The number of thiophene rings is 1. The first-order chi connectivity index (χ1) is 9.97. The van der Waals surface area contributed by atoms with Gasteiger partial charge in [-0.2, -0.15) is 4.98 Å². The van der Waals surface area contributed by atoms with Crippen molar-refractivity contribution < 1.29 is 0 Å². The second kappa shape index (κ2) is 5.19. The summed E-state index contributed by atoms with van der Waals surface area (Å²) in [7, 11) is 0. The van der Waals surface area contributed by atoms with Crippen LogP contribution in [0.3, 0.4) is 0 Å². The number of nitrogen functional groups attached to an aromatic ring is 1. The van der Waals surface area contributed by atoms with Gasteiger partial charge in [-0.3, -0.25) is 4.57 Å². The van der Waals surface area contributed by atoms with E-state index in [1.54, 1.807) is 6.92 Å². The molecule has 0 unspecified atom stereocenters. The van der Waals surface area contributed by atoms with Crippen molar-refractivity contribution in [1.29, 1.82) is 0 Å². The zero-order chi connectivity index (χ0) is 15.1. The van der Waals surface area contributed by atoms with Crippen LogP contribution in [0, 0.1) is 13.8 Å². The highest BCUT2D eigenvalue weighted by Crippen LogP contribution is 2.23. The lowest BCUT2D eigenvalue weighted by Gasteiger charge is -2.11. The molecule has 3 aromatic rings. The van der Waals surface area contributed by atoms with Gasteiger partial charge in [-0.15, -0.1) is 11.3 Å². The Morgan fingerprint density at radius 2 is 2.10 bits per heavy atom. The summed E-state index contributed by atoms with van der Waals surface area (Å²) in [5, 5.41) is 2.76. The van der Waals surface area contributed by atoms with E-state index in [0.29, 0.717) is 17.3 Å². The molecule has 3 aromatic heterocycles. The van der Waals surface area contributed by atoms with Gasteiger partial charge in [0, 0.05) is 5.69 Å². The molecule has 21 heavy (non-hydrogen) atoms. The number of halogens is 1. The normalized spacial score (nSPS) is 11.2. The third-order valence-corrected chi connectivity index (χ3v) is 5.19. The topological polar surface area (TPSA) is 86.7 Å². The third-order valence-electron chi connectivity index (χ3n) is 3.23. The molecule has 0 spiro atoms. The monoisotopic (exact) mass is 365 g/mol. The van der Waals surface area contributed by atoms with Crippen LogP contribution in [0.4, 0.5) is 5.82 Å². The van der Waals surface area contributed by atoms with E-state index < -0.39 is 0 Å². The number of rotatable bonds is 2. The zero-order valence-corrected chi connectivity index (χ0v) is 13.8. The van der Waals surface area contributed by atoms with Crippen LogP contribution in [0.15, 0.2) is 20.7 Å². The fourth-order valence-corrected chi connectivity index (χ4v) is 3.19. The van der Waals surface area contributed by atoms with E-state index in [-0.39, 0.29) is 12.2 Å². The van der Waals surface area contributed by atoms with Gasteiger partial charge in [-0.1, -0.05) is 0 Å². The van der Waals surface area contributed by atoms with Crippen LogP contribution in [0.25, 0.3) is 10.2 Å². The van der Waals surface area contributed by atoms with Gasteiger partial charge in [-0.05, 0) is 41.2 Å². The zero-order valence-electron chi connectivity index (χ0n) is 11.4. The van der Waals surface area contributed by atoms with Crippen LogP contribution in [0.1, 0.15) is 17.2 Å². The van der Waals surface area contributed by atoms with E-state index >= 15 is 0 Å². The maximum Gasteiger partial charge on any atom is 0.348 e. The molecule has 3 rings (SSSR count). The second-order valence-electron chi connectivity index (χ2n) is 4.63. The predicted molar refractivity (Wildman–Crippen MR) is 86.6 cm³/mol. The Morgan fingerprint density at radius 1 is 1.33 bits per heavy atom. The third kappa shape index (κ3) is 2.44. The lowest BCUT2D eigenvalue weighted by Crippen LogP contribution is -2.27. The lowest BCUT2D eigenvalue weighted by molar-refractivity contribution is 0.663. The molecule has 0 atom stereocenters. The van der Waals surface area contributed by atoms with E-state index in [0.717, 1.165) is 20.4 Å². The fraction of sp³-hybridized carbons (Fsp3) is 0.231. The van der Waals surface area contributed by atoms with Gasteiger partial charge in [0.05, 0.1) is 22.1 Å². The van der Waals surface area contributed by atoms with Gasteiger partial charge in [-0.25, -0.2) is 14.8 Å². The molecule has 0 amide bonds. The number of nitrogens with two attached hydrogens (primary N) is 1. The molecule has 6 nitrogen and oxygen atoms in total. The van der Waals surface area contributed by atoms with Crippen LogP contribution in [-0.2, 0) is 6.54 Å². The van der Waals surface area contributed by atoms with Gasteiger partial charge < -0.3 is 5.73 Å². The number of hydrogen-bond donors (Lipinski definition) is 1. The van der Waals surface area contributed by atoms with Crippen molar-refractivity contribution in [2.45, 2.75) is 20.4 Å². The van der Waals surface area contributed by atoms with E-state index in [4.69, 9.17) is 5.73 Å². The molecule has 108 valence electrons. The van der Waals surface area contributed by atoms with Crippen molar-refractivity contribution in [2.75, 3.05) is 5.73 Å². The fourth-order valence-electron chi connectivity index (χ4n) is 2.10. The molecule has 0 fully saturated rings. The quantitative estimate of drug-likeness (QED) is 0.752. The van der Waals surface area contributed by atoms with Crippen molar-refractivity contribution >= 4 is 43.3 Å². The van der Waals surface area contributed by atoms with Gasteiger partial charge in [0.1, 0.15) is 10.6 Å². The molecule has 0 bridgehead atoms. The highest BCUT2D eigenvalue weighted by Gasteiger charge is 2.12. The first kappa shape index (κ1) is 14.2. The van der Waals surface area contributed by atoms with Crippen LogP contribution >= 0.6 is 27.3 Å². The van der Waals surface area contributed by atoms with Crippen molar-refractivity contribution in [3.8, 4) is 0 Å². The first-order valence-electron chi connectivity index (χ1n) is 6.20. The Kier molecular flexibility index (Phi) is 3.50. The number of nitrogens with zero attached hydrogens (tertiary/aromatic N) is 4. The molecule has 0 aliphatic carbocycles. The minimum Gasteiger partial charge on any atom is -0.383 e. The van der Waals surface area contributed by atoms with Crippen LogP contribution in [0.5, 0.6) is 0 Å². The SMILES string of the molecule is Cc1nc(=O)n(Cc2nc(N)c3ccsc3n2)c(C)c1Br. The van der Waals surface area contributed by atoms with Gasteiger partial charge >= 0.3 is 5.69 Å². The number of hydrogen-bond acceptors (Lipinski definition) is 6. The first-order valence-corrected chi connectivity index (χ1v) is 7.87. The van der Waals surface area contributed by atoms with Crippen LogP contribution < -0.4 is 11.4 Å². The van der Waals surface area contributed by atoms with E-state index in [1.807, 2.05) is 18.4 Å². The van der Waals surface area contributed by atoms with E-state index in [2.05, 4.69) is 30.9 Å². The highest BCUT2D eigenvalue weighted by atomic mass is 79.9. The van der Waals surface area contributed by atoms with Crippen molar-refractivity contribution in [2.24, 2.45) is 0 Å². The molecule has 0 aliphatic rings. The average molecular weight is 366 g/mol. The molecule has 8 heteroatoms. The molecular weight excluding hydrogens is 354 g/mol. The standard InChI is InChI=1S/C13H12BrN5OS/c1-6-10(14)7(2)19(13(20)16-6)5-9-17-11(15)8-3-4-21-12(8)18-9/h3-4H,5H2,1-2H3,(H2,15,17,18). The van der Waals surface area contributed by atoms with Gasteiger partial charge in [0.25, 0.3) is 0 Å². The molecule has 0 aromatic carbocycles. The van der Waals surface area contributed by atoms with Crippen LogP contribution in [-0.4, -0.2) is 19.5 Å². The summed E-state index contributed by atoms with van der Waals surface area (Å²) in [4.78, 5) is 25.6. The maximum atomic E-state index is 12.1. The second-order valence-corrected chi connectivity index (χ2v) is 6.32. The maximum absolute atomic E-state index is 12.1. The molecule has 2 N–H and O–H groups in total. The summed E-state index contributed by atoms with van der Waals surface area (Å²) in [6, 6.07) is 1.89. The molecule has 0 saturated heterocycles. The average Bonchev–Trinajstić information content (AvgIpc) is 2.90. The number of aromatic nitrogens is 4. The Balaban J connectivity index is 2.10. The number of fused-ring (bicyclic) bond motifs is 1. The lowest BCUT2D eigenvalue weighted by atomic mass is 10.3. The smallest absolute Gasteiger partial charge is 0.348 e. The molecule has 0 radical (unpaired) electrons. The summed E-state index contributed by atoms with van der Waals surface area (Å²) in [5.74, 6) is 0.936. The predicted octanol–water partition coefficient (Wildman–Crippen LogP) is 2.26. The minimum atomic E-state index is -0.318. The van der Waals surface area contributed by atoms with E-state index in [1.165, 1.54) is 15.9 Å². The Bertz CT molecular complexity index is 901. The number of anilines is 1. The van der Waals surface area contributed by atoms with Crippen molar-refractivity contribution in [1.82, 2.24) is 19.5 Å². The minimum absolute atomic E-state index is 0.245. The largest absolute Gasteiger partial charge is 0.383 e. The van der Waals surface area contributed by atoms with Crippen LogP contribution in [0.2, 0.25) is 0 Å². The Morgan fingerprint density at radius 3 is 2.86 bits per heavy atom. The molecule has 3 heterocycles. The Hall–Kier alpha value is -1.80. The molecular formula is C13H12BrN5OS. The molecule has 0 aliphatic heterocycles. The van der Waals surface area contributed by atoms with Gasteiger partial charge in [0.2, 0.25) is 0 Å². The molecule has 0 saturated carbocycles. The number of aryl methyl sites for hydroxylation is 1. The summed E-state index contributed by atoms with van der Waals surface area (Å²) < 4.78 is 2.35. The summed E-state index contributed by atoms with van der Waals surface area (Å²) in [5.41, 5.74) is 7.07. The summed E-state index contributed by atoms with van der Waals surface area (Å²) in [6.07, 6.45) is 0. The van der Waals surface area contributed by atoms with Crippen molar-refractivity contribution in [3.63, 3.8) is 0 Å². The Labute approximate surface area is 132 Å². The summed E-state index contributed by atoms with van der Waals surface area (Å²) in [6.45, 7) is 3.89. The highest BCUT2D eigenvalue weighted by molar-refractivity contribution is 9.10. The van der Waals surface area contributed by atoms with Gasteiger partial charge in [0.15, 0.2) is 5.82 Å².